The lowest BCUT2D eigenvalue weighted by atomic mass is 9.92. The highest BCUT2D eigenvalue weighted by Gasteiger charge is 2.41. The Labute approximate surface area is 125 Å². The number of rotatable bonds is 5. The van der Waals surface area contributed by atoms with Crippen molar-refractivity contribution >= 4 is 16.7 Å². The van der Waals surface area contributed by atoms with E-state index in [1.54, 1.807) is 0 Å². The van der Waals surface area contributed by atoms with Gasteiger partial charge in [0.05, 0.1) is 17.6 Å². The lowest BCUT2D eigenvalue weighted by molar-refractivity contribution is -0.142. The molecule has 3 rings (SSSR count). The summed E-state index contributed by atoms with van der Waals surface area (Å²) in [6, 6.07) is 8.05. The molecule has 0 aliphatic heterocycles. The fourth-order valence-electron chi connectivity index (χ4n) is 3.46. The summed E-state index contributed by atoms with van der Waals surface area (Å²) < 4.78 is 7.71. The van der Waals surface area contributed by atoms with Gasteiger partial charge in [-0.1, -0.05) is 18.2 Å². The highest BCUT2D eigenvalue weighted by Crippen LogP contribution is 2.35. The van der Waals surface area contributed by atoms with E-state index in [9.17, 15) is 4.79 Å². The molecule has 1 saturated carbocycles. The average molecular weight is 286 g/mol. The Morgan fingerprint density at radius 1 is 1.33 bits per heavy atom. The molecule has 0 amide bonds. The molecule has 0 radical (unpaired) electrons. The van der Waals surface area contributed by atoms with E-state index in [0.717, 1.165) is 42.3 Å². The van der Waals surface area contributed by atoms with Gasteiger partial charge in [-0.15, -0.1) is 0 Å². The number of benzene rings is 1. The second-order valence-electron chi connectivity index (χ2n) is 5.82. The summed E-state index contributed by atoms with van der Waals surface area (Å²) in [5.41, 5.74) is 1.37. The van der Waals surface area contributed by atoms with Crippen LogP contribution in [0.5, 0.6) is 0 Å². The maximum absolute atomic E-state index is 12.8. The number of carbonyl (C=O) groups excluding carboxylic acids is 1. The first-order chi connectivity index (χ1) is 10.2. The molecular weight excluding hydrogens is 264 g/mol. The highest BCUT2D eigenvalue weighted by molar-refractivity contribution is 5.93. The number of para-hydroxylation sites is 1. The van der Waals surface area contributed by atoms with Crippen LogP contribution in [0.25, 0.3) is 10.9 Å². The summed E-state index contributed by atoms with van der Waals surface area (Å²) in [4.78, 5) is 12.8. The van der Waals surface area contributed by atoms with E-state index in [4.69, 9.17) is 4.74 Å². The molecule has 2 aromatic rings. The summed E-state index contributed by atoms with van der Waals surface area (Å²) in [6.07, 6.45) is 4.22. The van der Waals surface area contributed by atoms with Gasteiger partial charge in [0.1, 0.15) is 5.60 Å². The number of ether oxygens (including phenoxy) is 1. The van der Waals surface area contributed by atoms with Gasteiger partial charge in [0.25, 0.3) is 0 Å². The molecule has 1 fully saturated rings. The van der Waals surface area contributed by atoms with E-state index in [-0.39, 0.29) is 5.78 Å². The molecule has 1 aliphatic carbocycles. The van der Waals surface area contributed by atoms with Gasteiger partial charge >= 0.3 is 0 Å². The van der Waals surface area contributed by atoms with Crippen molar-refractivity contribution in [3.8, 4) is 0 Å². The van der Waals surface area contributed by atoms with Crippen LogP contribution in [-0.2, 0) is 23.0 Å². The molecule has 0 saturated heterocycles. The minimum Gasteiger partial charge on any atom is -0.367 e. The van der Waals surface area contributed by atoms with Crippen molar-refractivity contribution in [3.05, 3.63) is 30.0 Å². The Hall–Kier alpha value is -1.68. The molecule has 0 unspecified atom stereocenters. The topological polar surface area (TPSA) is 44.1 Å². The van der Waals surface area contributed by atoms with E-state index < -0.39 is 5.60 Å². The number of ketones is 1. The molecule has 1 aromatic heterocycles. The average Bonchev–Trinajstić information content (AvgIpc) is 3.07. The van der Waals surface area contributed by atoms with Gasteiger partial charge in [-0.3, -0.25) is 9.48 Å². The standard InChI is InChI=1S/C17H22N2O2/c1-3-21-17(10-6-7-11-17)16(20)12-14-13-8-4-5-9-15(13)19(2)18-14/h4-5,8-9H,3,6-7,10-12H2,1-2H3. The third kappa shape index (κ3) is 2.48. The Morgan fingerprint density at radius 3 is 2.76 bits per heavy atom. The van der Waals surface area contributed by atoms with Gasteiger partial charge in [0.2, 0.25) is 0 Å². The molecule has 0 spiro atoms. The Balaban J connectivity index is 1.89. The van der Waals surface area contributed by atoms with E-state index in [0.29, 0.717) is 13.0 Å². The lowest BCUT2D eigenvalue weighted by Gasteiger charge is -2.27. The van der Waals surface area contributed by atoms with Gasteiger partial charge in [-0.2, -0.15) is 5.10 Å². The van der Waals surface area contributed by atoms with Crippen molar-refractivity contribution in [2.24, 2.45) is 7.05 Å². The Morgan fingerprint density at radius 2 is 2.05 bits per heavy atom. The number of Topliss-reactive ketones (excluding diaryl/α,β-unsaturated/α-hetero) is 1. The van der Waals surface area contributed by atoms with E-state index in [1.807, 2.05) is 42.9 Å². The van der Waals surface area contributed by atoms with Crippen molar-refractivity contribution in [2.45, 2.75) is 44.6 Å². The molecule has 1 aliphatic rings. The summed E-state index contributed by atoms with van der Waals surface area (Å²) in [5, 5.41) is 5.60. The summed E-state index contributed by atoms with van der Waals surface area (Å²) in [7, 11) is 1.92. The smallest absolute Gasteiger partial charge is 0.170 e. The Kier molecular flexibility index (Phi) is 3.81. The molecule has 0 N–H and O–H groups in total. The Bertz CT molecular complexity index is 654. The van der Waals surface area contributed by atoms with Crippen molar-refractivity contribution < 1.29 is 9.53 Å². The van der Waals surface area contributed by atoms with Gasteiger partial charge in [0, 0.05) is 19.0 Å². The minimum absolute atomic E-state index is 0.186. The number of aryl methyl sites for hydroxylation is 1. The third-order valence-electron chi connectivity index (χ3n) is 4.50. The van der Waals surface area contributed by atoms with Crippen molar-refractivity contribution in [2.75, 3.05) is 6.61 Å². The van der Waals surface area contributed by atoms with Crippen LogP contribution in [-0.4, -0.2) is 27.8 Å². The van der Waals surface area contributed by atoms with Gasteiger partial charge < -0.3 is 4.74 Å². The van der Waals surface area contributed by atoms with Crippen LogP contribution in [0.1, 0.15) is 38.3 Å². The highest BCUT2D eigenvalue weighted by atomic mass is 16.5. The van der Waals surface area contributed by atoms with Gasteiger partial charge in [-0.25, -0.2) is 0 Å². The van der Waals surface area contributed by atoms with E-state index in [1.165, 1.54) is 0 Å². The second kappa shape index (κ2) is 5.60. The quantitative estimate of drug-likeness (QED) is 0.848. The molecular formula is C17H22N2O2. The monoisotopic (exact) mass is 286 g/mol. The molecule has 1 aromatic carbocycles. The predicted molar refractivity (Wildman–Crippen MR) is 82.3 cm³/mol. The normalized spacial score (nSPS) is 17.4. The summed E-state index contributed by atoms with van der Waals surface area (Å²) >= 11 is 0. The van der Waals surface area contributed by atoms with E-state index >= 15 is 0 Å². The predicted octanol–water partition coefficient (Wildman–Crippen LogP) is 3.03. The molecule has 4 nitrogen and oxygen atoms in total. The van der Waals surface area contributed by atoms with Crippen LogP contribution in [0.3, 0.4) is 0 Å². The van der Waals surface area contributed by atoms with Crippen molar-refractivity contribution in [1.82, 2.24) is 9.78 Å². The first-order valence-electron chi connectivity index (χ1n) is 7.74. The van der Waals surface area contributed by atoms with Crippen LogP contribution in [0.15, 0.2) is 24.3 Å². The molecule has 4 heteroatoms. The molecule has 1 heterocycles. The summed E-state index contributed by atoms with van der Waals surface area (Å²) in [6.45, 7) is 2.55. The van der Waals surface area contributed by atoms with Crippen LogP contribution in [0.2, 0.25) is 0 Å². The zero-order chi connectivity index (χ0) is 14.9. The number of nitrogens with zero attached hydrogens (tertiary/aromatic N) is 2. The van der Waals surface area contributed by atoms with Crippen LogP contribution in [0, 0.1) is 0 Å². The molecule has 112 valence electrons. The zero-order valence-electron chi connectivity index (χ0n) is 12.8. The lowest BCUT2D eigenvalue weighted by Crippen LogP contribution is -2.40. The zero-order valence-corrected chi connectivity index (χ0v) is 12.8. The fourth-order valence-corrected chi connectivity index (χ4v) is 3.46. The van der Waals surface area contributed by atoms with Crippen LogP contribution >= 0.6 is 0 Å². The second-order valence-corrected chi connectivity index (χ2v) is 5.82. The number of fused-ring (bicyclic) bond motifs is 1. The number of hydrogen-bond donors (Lipinski definition) is 0. The minimum atomic E-state index is -0.562. The van der Waals surface area contributed by atoms with Crippen molar-refractivity contribution in [1.29, 1.82) is 0 Å². The number of aromatic nitrogens is 2. The van der Waals surface area contributed by atoms with Crippen LogP contribution in [0.4, 0.5) is 0 Å². The first kappa shape index (κ1) is 14.3. The molecule has 0 bridgehead atoms. The van der Waals surface area contributed by atoms with Gasteiger partial charge in [0.15, 0.2) is 5.78 Å². The SMILES string of the molecule is CCOC1(C(=O)Cc2nn(C)c3ccccc23)CCCC1. The largest absolute Gasteiger partial charge is 0.367 e. The first-order valence-corrected chi connectivity index (χ1v) is 7.74. The number of hydrogen-bond acceptors (Lipinski definition) is 3. The summed E-state index contributed by atoms with van der Waals surface area (Å²) in [5.74, 6) is 0.186. The molecule has 21 heavy (non-hydrogen) atoms. The third-order valence-corrected chi connectivity index (χ3v) is 4.50. The maximum Gasteiger partial charge on any atom is 0.170 e. The van der Waals surface area contributed by atoms with E-state index in [2.05, 4.69) is 5.10 Å². The van der Waals surface area contributed by atoms with Crippen LogP contribution < -0.4 is 0 Å². The fraction of sp³-hybridized carbons (Fsp3) is 0.529. The maximum atomic E-state index is 12.8. The van der Waals surface area contributed by atoms with Crippen molar-refractivity contribution in [3.63, 3.8) is 0 Å². The molecule has 0 atom stereocenters. The number of carbonyl (C=O) groups is 1. The van der Waals surface area contributed by atoms with Gasteiger partial charge in [-0.05, 0) is 38.7 Å².